The molecule has 1 heterocycles. The van der Waals surface area contributed by atoms with Gasteiger partial charge in [0.1, 0.15) is 12.2 Å². The Labute approximate surface area is 161 Å². The van der Waals surface area contributed by atoms with Crippen LogP contribution in [-0.4, -0.2) is 32.6 Å². The molecule has 0 bridgehead atoms. The maximum absolute atomic E-state index is 12.4. The minimum Gasteiger partial charge on any atom is -0.324 e. The maximum atomic E-state index is 12.4. The first-order chi connectivity index (χ1) is 13.4. The van der Waals surface area contributed by atoms with Crippen LogP contribution in [0.3, 0.4) is 0 Å². The summed E-state index contributed by atoms with van der Waals surface area (Å²) in [7, 11) is 0. The molecular weight excluding hydrogens is 358 g/mol. The van der Waals surface area contributed by atoms with Gasteiger partial charge in [-0.3, -0.25) is 14.4 Å². The third-order valence-corrected chi connectivity index (χ3v) is 4.01. The fourth-order valence-electron chi connectivity index (χ4n) is 2.50. The molecule has 0 spiro atoms. The van der Waals surface area contributed by atoms with Crippen molar-refractivity contribution >= 4 is 29.0 Å². The van der Waals surface area contributed by atoms with E-state index in [-0.39, 0.29) is 29.8 Å². The summed E-state index contributed by atoms with van der Waals surface area (Å²) in [6.45, 7) is 3.11. The Hall–Kier alpha value is -3.81. The van der Waals surface area contributed by atoms with Crippen molar-refractivity contribution in [1.29, 1.82) is 0 Å². The van der Waals surface area contributed by atoms with Gasteiger partial charge in [0.2, 0.25) is 5.91 Å². The fourth-order valence-corrected chi connectivity index (χ4v) is 2.50. The Bertz CT molecular complexity index is 1030. The molecule has 0 saturated heterocycles. The minimum absolute atomic E-state index is 0.0971. The topological polar surface area (TPSA) is 106 Å². The predicted molar refractivity (Wildman–Crippen MR) is 104 cm³/mol. The van der Waals surface area contributed by atoms with Crippen molar-refractivity contribution in [3.63, 3.8) is 0 Å². The van der Waals surface area contributed by atoms with Crippen LogP contribution in [0.5, 0.6) is 0 Å². The number of carbonyl (C=O) groups excluding carboxylic acids is 3. The number of Topliss-reactive ketones (excluding diaryl/α,β-unsaturated/α-hetero) is 1. The van der Waals surface area contributed by atoms with Crippen molar-refractivity contribution in [2.24, 2.45) is 0 Å². The van der Waals surface area contributed by atoms with Crippen molar-refractivity contribution in [3.05, 3.63) is 71.5 Å². The standard InChI is InChI=1S/C20H19N5O3/c1-13-8-9-15(20(28)21-16-6-4-3-5-7-16)10-17(13)22-19(27)12-25-11-18(14(2)26)23-24-25/h3-11H,12H2,1-2H3,(H,21,28)(H,22,27). The maximum Gasteiger partial charge on any atom is 0.255 e. The van der Waals surface area contributed by atoms with Crippen LogP contribution in [0.2, 0.25) is 0 Å². The third kappa shape index (κ3) is 4.67. The summed E-state index contributed by atoms with van der Waals surface area (Å²) in [5.41, 5.74) is 2.64. The Kier molecular flexibility index (Phi) is 5.59. The van der Waals surface area contributed by atoms with Gasteiger partial charge >= 0.3 is 0 Å². The van der Waals surface area contributed by atoms with Gasteiger partial charge in [-0.15, -0.1) is 5.10 Å². The predicted octanol–water partition coefficient (Wildman–Crippen LogP) is 2.68. The van der Waals surface area contributed by atoms with Crippen LogP contribution in [-0.2, 0) is 11.3 Å². The second-order valence-corrected chi connectivity index (χ2v) is 6.26. The fraction of sp³-hybridized carbons (Fsp3) is 0.150. The SMILES string of the molecule is CC(=O)c1cn(CC(=O)Nc2cc(C(=O)Nc3ccccc3)ccc2C)nn1. The van der Waals surface area contributed by atoms with Crippen molar-refractivity contribution in [2.75, 3.05) is 10.6 Å². The van der Waals surface area contributed by atoms with Crippen molar-refractivity contribution in [2.45, 2.75) is 20.4 Å². The molecule has 1 aromatic heterocycles. The van der Waals surface area contributed by atoms with Gasteiger partial charge in [-0.1, -0.05) is 29.5 Å². The largest absolute Gasteiger partial charge is 0.324 e. The summed E-state index contributed by atoms with van der Waals surface area (Å²) in [5.74, 6) is -0.840. The van der Waals surface area contributed by atoms with E-state index in [0.717, 1.165) is 5.56 Å². The average Bonchev–Trinajstić information content (AvgIpc) is 3.13. The number of hydrogen-bond donors (Lipinski definition) is 2. The molecule has 0 radical (unpaired) electrons. The lowest BCUT2D eigenvalue weighted by atomic mass is 10.1. The molecule has 0 fully saturated rings. The highest BCUT2D eigenvalue weighted by Crippen LogP contribution is 2.18. The van der Waals surface area contributed by atoms with Gasteiger partial charge < -0.3 is 10.6 Å². The zero-order valence-electron chi connectivity index (χ0n) is 15.5. The van der Waals surface area contributed by atoms with E-state index in [0.29, 0.717) is 16.9 Å². The number of amides is 2. The van der Waals surface area contributed by atoms with Gasteiger partial charge in [0.25, 0.3) is 5.91 Å². The number of para-hydroxylation sites is 1. The number of anilines is 2. The summed E-state index contributed by atoms with van der Waals surface area (Å²) in [6, 6.07) is 14.2. The number of ketones is 1. The second-order valence-electron chi connectivity index (χ2n) is 6.26. The van der Waals surface area contributed by atoms with Crippen molar-refractivity contribution < 1.29 is 14.4 Å². The summed E-state index contributed by atoms with van der Waals surface area (Å²) < 4.78 is 1.29. The van der Waals surface area contributed by atoms with E-state index in [4.69, 9.17) is 0 Å². The second kappa shape index (κ2) is 8.26. The summed E-state index contributed by atoms with van der Waals surface area (Å²) in [5, 5.41) is 13.0. The first-order valence-corrected chi connectivity index (χ1v) is 8.60. The van der Waals surface area contributed by atoms with E-state index in [1.807, 2.05) is 25.1 Å². The molecule has 0 atom stereocenters. The molecular formula is C20H19N5O3. The highest BCUT2D eigenvalue weighted by molar-refractivity contribution is 6.05. The van der Waals surface area contributed by atoms with Crippen LogP contribution in [0.4, 0.5) is 11.4 Å². The Morgan fingerprint density at radius 1 is 1.04 bits per heavy atom. The van der Waals surface area contributed by atoms with Gasteiger partial charge in [-0.05, 0) is 36.8 Å². The first kappa shape index (κ1) is 19.0. The highest BCUT2D eigenvalue weighted by Gasteiger charge is 2.12. The van der Waals surface area contributed by atoms with Gasteiger partial charge in [0.05, 0.1) is 6.20 Å². The highest BCUT2D eigenvalue weighted by atomic mass is 16.2. The third-order valence-electron chi connectivity index (χ3n) is 4.01. The molecule has 0 saturated carbocycles. The number of benzene rings is 2. The molecule has 2 aromatic carbocycles. The zero-order chi connectivity index (χ0) is 20.1. The molecule has 8 nitrogen and oxygen atoms in total. The number of aromatic nitrogens is 3. The monoisotopic (exact) mass is 377 g/mol. The number of rotatable bonds is 6. The van der Waals surface area contributed by atoms with Gasteiger partial charge in [0.15, 0.2) is 5.78 Å². The summed E-state index contributed by atoms with van der Waals surface area (Å²) in [6.07, 6.45) is 1.42. The van der Waals surface area contributed by atoms with E-state index in [1.165, 1.54) is 17.8 Å². The number of carbonyl (C=O) groups is 3. The lowest BCUT2D eigenvalue weighted by molar-refractivity contribution is -0.116. The molecule has 0 unspecified atom stereocenters. The number of nitrogens with zero attached hydrogens (tertiary/aromatic N) is 3. The van der Waals surface area contributed by atoms with Crippen LogP contribution >= 0.6 is 0 Å². The van der Waals surface area contributed by atoms with Crippen molar-refractivity contribution in [3.8, 4) is 0 Å². The van der Waals surface area contributed by atoms with Crippen molar-refractivity contribution in [1.82, 2.24) is 15.0 Å². The number of nitrogens with one attached hydrogen (secondary N) is 2. The lowest BCUT2D eigenvalue weighted by Gasteiger charge is -2.11. The van der Waals surface area contributed by atoms with E-state index in [2.05, 4.69) is 20.9 Å². The Morgan fingerprint density at radius 2 is 1.79 bits per heavy atom. The normalized spacial score (nSPS) is 10.4. The van der Waals surface area contributed by atoms with Crippen LogP contribution < -0.4 is 10.6 Å². The smallest absolute Gasteiger partial charge is 0.255 e. The van der Waals surface area contributed by atoms with Crippen LogP contribution in [0.15, 0.2) is 54.7 Å². The molecule has 2 amide bonds. The van der Waals surface area contributed by atoms with Gasteiger partial charge in [0, 0.05) is 23.9 Å². The zero-order valence-corrected chi connectivity index (χ0v) is 15.5. The Morgan fingerprint density at radius 3 is 2.46 bits per heavy atom. The quantitative estimate of drug-likeness (QED) is 0.643. The molecule has 2 N–H and O–H groups in total. The minimum atomic E-state index is -0.344. The average molecular weight is 377 g/mol. The first-order valence-electron chi connectivity index (χ1n) is 8.60. The molecule has 0 aliphatic heterocycles. The molecule has 3 rings (SSSR count). The van der Waals surface area contributed by atoms with Crippen LogP contribution in [0.25, 0.3) is 0 Å². The Balaban J connectivity index is 1.69. The van der Waals surface area contributed by atoms with Crippen LogP contribution in [0, 0.1) is 6.92 Å². The molecule has 3 aromatic rings. The molecule has 142 valence electrons. The van der Waals surface area contributed by atoms with E-state index >= 15 is 0 Å². The molecule has 0 aliphatic carbocycles. The number of hydrogen-bond acceptors (Lipinski definition) is 5. The van der Waals surface area contributed by atoms with Gasteiger partial charge in [-0.2, -0.15) is 0 Å². The lowest BCUT2D eigenvalue weighted by Crippen LogP contribution is -2.20. The number of aryl methyl sites for hydroxylation is 1. The van der Waals surface area contributed by atoms with Gasteiger partial charge in [-0.25, -0.2) is 4.68 Å². The van der Waals surface area contributed by atoms with E-state index in [1.54, 1.807) is 30.3 Å². The van der Waals surface area contributed by atoms with E-state index in [9.17, 15) is 14.4 Å². The summed E-state index contributed by atoms with van der Waals surface area (Å²) >= 11 is 0. The van der Waals surface area contributed by atoms with Crippen LogP contribution in [0.1, 0.15) is 33.3 Å². The summed E-state index contributed by atoms with van der Waals surface area (Å²) in [4.78, 5) is 36.0. The molecule has 8 heteroatoms. The molecule has 0 aliphatic rings. The molecule has 28 heavy (non-hydrogen) atoms. The van der Waals surface area contributed by atoms with E-state index < -0.39 is 0 Å².